The summed E-state index contributed by atoms with van der Waals surface area (Å²) in [6, 6.07) is 2.29. The van der Waals surface area contributed by atoms with Crippen molar-refractivity contribution in [2.45, 2.75) is 45.2 Å². The zero-order valence-electron chi connectivity index (χ0n) is 11.6. The van der Waals surface area contributed by atoms with Gasteiger partial charge in [0, 0.05) is 6.54 Å². The molecule has 3 nitrogen and oxygen atoms in total. The van der Waals surface area contributed by atoms with Gasteiger partial charge in [0.25, 0.3) is 0 Å². The highest BCUT2D eigenvalue weighted by Gasteiger charge is 2.32. The zero-order chi connectivity index (χ0) is 14.6. The fraction of sp³-hybridized carbons (Fsp3) is 0.714. The van der Waals surface area contributed by atoms with E-state index < -0.39 is 11.9 Å². The Morgan fingerprint density at radius 1 is 1.25 bits per heavy atom. The van der Waals surface area contributed by atoms with Gasteiger partial charge in [-0.3, -0.25) is 0 Å². The fourth-order valence-corrected chi connectivity index (χ4v) is 2.80. The number of rotatable bonds is 4. The molecule has 1 saturated carbocycles. The van der Waals surface area contributed by atoms with E-state index in [1.165, 1.54) is 31.7 Å². The summed E-state index contributed by atoms with van der Waals surface area (Å²) < 4.78 is 37.0. The standard InChI is InChI=1S/C14H20F3N3/c1-10-3-2-4-11(9-10)7-8-18-13-6-5-12(19-20-13)14(15,16)17/h5-6,10-11H,2-4,7-9H2,1H3,(H,18,20). The maximum atomic E-state index is 12.3. The molecule has 0 aliphatic heterocycles. The van der Waals surface area contributed by atoms with Crippen LogP contribution in [0.25, 0.3) is 0 Å². The number of nitrogens with one attached hydrogen (secondary N) is 1. The molecule has 2 rings (SSSR count). The molecule has 0 radical (unpaired) electrons. The van der Waals surface area contributed by atoms with Gasteiger partial charge in [-0.1, -0.05) is 26.2 Å². The van der Waals surface area contributed by atoms with Crippen molar-refractivity contribution in [1.29, 1.82) is 0 Å². The van der Waals surface area contributed by atoms with Gasteiger partial charge in [-0.25, -0.2) is 0 Å². The molecule has 1 N–H and O–H groups in total. The highest BCUT2D eigenvalue weighted by Crippen LogP contribution is 2.30. The van der Waals surface area contributed by atoms with Gasteiger partial charge in [0.1, 0.15) is 5.82 Å². The molecular weight excluding hydrogens is 267 g/mol. The van der Waals surface area contributed by atoms with E-state index in [1.54, 1.807) is 0 Å². The van der Waals surface area contributed by atoms with Crippen LogP contribution in [0.15, 0.2) is 12.1 Å². The van der Waals surface area contributed by atoms with Gasteiger partial charge in [-0.05, 0) is 36.8 Å². The number of hydrogen-bond donors (Lipinski definition) is 1. The summed E-state index contributed by atoms with van der Waals surface area (Å²) in [5, 5.41) is 9.80. The van der Waals surface area contributed by atoms with Crippen molar-refractivity contribution in [3.8, 4) is 0 Å². The minimum absolute atomic E-state index is 0.404. The first-order valence-corrected chi connectivity index (χ1v) is 7.10. The summed E-state index contributed by atoms with van der Waals surface area (Å²) in [4.78, 5) is 0. The van der Waals surface area contributed by atoms with Crippen molar-refractivity contribution in [2.24, 2.45) is 11.8 Å². The van der Waals surface area contributed by atoms with Gasteiger partial charge in [-0.15, -0.1) is 10.2 Å². The normalized spacial score (nSPS) is 23.6. The Balaban J connectivity index is 1.77. The predicted molar refractivity (Wildman–Crippen MR) is 71.3 cm³/mol. The third-order valence-corrected chi connectivity index (χ3v) is 3.86. The number of anilines is 1. The van der Waals surface area contributed by atoms with E-state index >= 15 is 0 Å². The van der Waals surface area contributed by atoms with Gasteiger partial charge in [0.05, 0.1) is 0 Å². The second-order valence-corrected chi connectivity index (χ2v) is 5.65. The molecule has 0 aromatic carbocycles. The number of hydrogen-bond acceptors (Lipinski definition) is 3. The smallest absolute Gasteiger partial charge is 0.369 e. The summed E-state index contributed by atoms with van der Waals surface area (Å²) in [6.45, 7) is 3.01. The van der Waals surface area contributed by atoms with Crippen molar-refractivity contribution < 1.29 is 13.2 Å². The van der Waals surface area contributed by atoms with E-state index in [-0.39, 0.29) is 0 Å². The lowest BCUT2D eigenvalue weighted by Crippen LogP contribution is -2.17. The molecule has 1 aromatic rings. The summed E-state index contributed by atoms with van der Waals surface area (Å²) in [6.07, 6.45) is 1.71. The average molecular weight is 287 g/mol. The van der Waals surface area contributed by atoms with E-state index in [9.17, 15) is 13.2 Å². The van der Waals surface area contributed by atoms with Crippen LogP contribution < -0.4 is 5.32 Å². The summed E-state index contributed by atoms with van der Waals surface area (Å²) in [5.74, 6) is 1.91. The van der Waals surface area contributed by atoms with Crippen LogP contribution in [0.5, 0.6) is 0 Å². The quantitative estimate of drug-likeness (QED) is 0.905. The average Bonchev–Trinajstić information content (AvgIpc) is 2.38. The topological polar surface area (TPSA) is 37.8 Å². The van der Waals surface area contributed by atoms with E-state index in [0.29, 0.717) is 11.7 Å². The molecule has 2 unspecified atom stereocenters. The predicted octanol–water partition coefficient (Wildman–Crippen LogP) is 4.12. The van der Waals surface area contributed by atoms with Gasteiger partial charge < -0.3 is 5.32 Å². The molecule has 0 amide bonds. The molecule has 0 bridgehead atoms. The fourth-order valence-electron chi connectivity index (χ4n) is 2.80. The molecule has 1 aromatic heterocycles. The lowest BCUT2D eigenvalue weighted by Gasteiger charge is -2.26. The Kier molecular flexibility index (Phi) is 4.83. The Morgan fingerprint density at radius 3 is 2.65 bits per heavy atom. The highest BCUT2D eigenvalue weighted by molar-refractivity contribution is 5.33. The van der Waals surface area contributed by atoms with Crippen LogP contribution in [0.1, 0.15) is 44.7 Å². The van der Waals surface area contributed by atoms with Crippen molar-refractivity contribution in [1.82, 2.24) is 10.2 Å². The maximum absolute atomic E-state index is 12.3. The summed E-state index contributed by atoms with van der Waals surface area (Å²) >= 11 is 0. The first-order chi connectivity index (χ1) is 9.45. The van der Waals surface area contributed by atoms with Crippen LogP contribution in [-0.4, -0.2) is 16.7 Å². The van der Waals surface area contributed by atoms with Crippen molar-refractivity contribution in [3.63, 3.8) is 0 Å². The number of alkyl halides is 3. The van der Waals surface area contributed by atoms with Crippen LogP contribution in [0, 0.1) is 11.8 Å². The third-order valence-electron chi connectivity index (χ3n) is 3.86. The lowest BCUT2D eigenvalue weighted by atomic mass is 9.81. The zero-order valence-corrected chi connectivity index (χ0v) is 11.6. The van der Waals surface area contributed by atoms with Gasteiger partial charge in [0.2, 0.25) is 0 Å². The molecule has 0 spiro atoms. The minimum atomic E-state index is -4.43. The number of aromatic nitrogens is 2. The Bertz CT molecular complexity index is 417. The maximum Gasteiger partial charge on any atom is 0.435 e. The Labute approximate surface area is 117 Å². The molecule has 6 heteroatoms. The molecule has 2 atom stereocenters. The number of halogens is 3. The molecule has 0 saturated heterocycles. The second kappa shape index (κ2) is 6.41. The largest absolute Gasteiger partial charge is 0.435 e. The molecule has 1 fully saturated rings. The van der Waals surface area contributed by atoms with Crippen molar-refractivity contribution in [2.75, 3.05) is 11.9 Å². The lowest BCUT2D eigenvalue weighted by molar-refractivity contribution is -0.141. The second-order valence-electron chi connectivity index (χ2n) is 5.65. The summed E-state index contributed by atoms with van der Waals surface area (Å²) in [5.41, 5.74) is -0.954. The molecule has 1 aliphatic rings. The first kappa shape index (κ1) is 15.1. The van der Waals surface area contributed by atoms with Crippen LogP contribution in [0.4, 0.5) is 19.0 Å². The first-order valence-electron chi connectivity index (χ1n) is 7.10. The molecule has 1 heterocycles. The van der Waals surface area contributed by atoms with E-state index in [2.05, 4.69) is 22.4 Å². The Morgan fingerprint density at radius 2 is 2.05 bits per heavy atom. The van der Waals surface area contributed by atoms with Gasteiger partial charge >= 0.3 is 6.18 Å². The molecule has 20 heavy (non-hydrogen) atoms. The minimum Gasteiger partial charge on any atom is -0.369 e. The summed E-state index contributed by atoms with van der Waals surface area (Å²) in [7, 11) is 0. The third kappa shape index (κ3) is 4.35. The van der Waals surface area contributed by atoms with Gasteiger partial charge in [-0.2, -0.15) is 13.2 Å². The van der Waals surface area contributed by atoms with E-state index in [4.69, 9.17) is 0 Å². The van der Waals surface area contributed by atoms with Crippen LogP contribution in [-0.2, 0) is 6.18 Å². The molecule has 112 valence electrons. The highest BCUT2D eigenvalue weighted by atomic mass is 19.4. The van der Waals surface area contributed by atoms with Crippen LogP contribution >= 0.6 is 0 Å². The van der Waals surface area contributed by atoms with Crippen molar-refractivity contribution in [3.05, 3.63) is 17.8 Å². The van der Waals surface area contributed by atoms with E-state index in [1.807, 2.05) is 0 Å². The van der Waals surface area contributed by atoms with Crippen LogP contribution in [0.2, 0.25) is 0 Å². The molecule has 1 aliphatic carbocycles. The van der Waals surface area contributed by atoms with Crippen LogP contribution in [0.3, 0.4) is 0 Å². The monoisotopic (exact) mass is 287 g/mol. The Hall–Kier alpha value is -1.33. The van der Waals surface area contributed by atoms with Gasteiger partial charge in [0.15, 0.2) is 5.69 Å². The molecular formula is C14H20F3N3. The van der Waals surface area contributed by atoms with Crippen molar-refractivity contribution >= 4 is 5.82 Å². The SMILES string of the molecule is CC1CCCC(CCNc2ccc(C(F)(F)F)nn2)C1. The number of nitrogens with zero attached hydrogens (tertiary/aromatic N) is 2. The van der Waals surface area contributed by atoms with E-state index in [0.717, 1.165) is 24.9 Å².